The van der Waals surface area contributed by atoms with Gasteiger partial charge in [-0.15, -0.1) is 0 Å². The Kier molecular flexibility index (Phi) is 13.1. The standard InChI is InChI=1S/C27H25F2N7O2.C14H12BF2NO3/c1-2-22(37)35-11-3-4-19(14-35)36-26-23(25(30)32-15-33-26)24(34-36)17-7-5-16(6-8-17)13-31-27(38)20-12-18(28)9-10-21(20)29;16-11-5-6-13(17)12(7-11)14(19)18-8-9-1-3-10(4-2-9)15(20)21/h2,5-10,12,15,19H,1,3-4,11,13-14H2,(H,31,38)(H2,30,32,33);1-7,20-21H,8H2,(H,18,19)/t19-;/m1./s1. The minimum Gasteiger partial charge on any atom is -0.423 e. The molecule has 13 nitrogen and oxygen atoms in total. The second kappa shape index (κ2) is 18.6. The average molecular weight is 809 g/mol. The van der Waals surface area contributed by atoms with E-state index in [-0.39, 0.29) is 36.2 Å². The number of benzene rings is 4. The summed E-state index contributed by atoms with van der Waals surface area (Å²) >= 11 is 0. The van der Waals surface area contributed by atoms with Crippen molar-refractivity contribution in [2.24, 2.45) is 0 Å². The van der Waals surface area contributed by atoms with Crippen molar-refractivity contribution in [2.75, 3.05) is 18.8 Å². The van der Waals surface area contributed by atoms with Gasteiger partial charge in [-0.05, 0) is 71.9 Å². The number of fused-ring (bicyclic) bond motifs is 1. The number of nitrogens with one attached hydrogen (secondary N) is 2. The molecule has 6 N–H and O–H groups in total. The Morgan fingerprint density at radius 3 is 1.93 bits per heavy atom. The first-order valence-corrected chi connectivity index (χ1v) is 18.2. The molecule has 1 fully saturated rings. The molecule has 0 bridgehead atoms. The van der Waals surface area contributed by atoms with Crippen LogP contribution in [0.3, 0.4) is 0 Å². The van der Waals surface area contributed by atoms with Crippen LogP contribution < -0.4 is 21.8 Å². The van der Waals surface area contributed by atoms with Gasteiger partial charge in [-0.1, -0.05) is 55.1 Å². The summed E-state index contributed by atoms with van der Waals surface area (Å²) in [6.07, 6.45) is 4.35. The molecule has 1 atom stereocenters. The fourth-order valence-electron chi connectivity index (χ4n) is 6.42. The zero-order valence-electron chi connectivity index (χ0n) is 31.3. The van der Waals surface area contributed by atoms with Crippen LogP contribution >= 0.6 is 0 Å². The van der Waals surface area contributed by atoms with Crippen LogP contribution in [0.1, 0.15) is 50.7 Å². The first kappa shape index (κ1) is 41.7. The maximum atomic E-state index is 13.9. The molecule has 18 heteroatoms. The minimum absolute atomic E-state index is 0.0871. The second-order valence-electron chi connectivity index (χ2n) is 13.5. The molecule has 2 aromatic heterocycles. The number of nitrogen functional groups attached to an aromatic ring is 1. The van der Waals surface area contributed by atoms with E-state index in [1.807, 2.05) is 16.8 Å². The van der Waals surface area contributed by atoms with Crippen molar-refractivity contribution in [3.8, 4) is 11.3 Å². The number of amides is 3. The van der Waals surface area contributed by atoms with Crippen LogP contribution in [0.25, 0.3) is 22.3 Å². The van der Waals surface area contributed by atoms with Gasteiger partial charge in [0.2, 0.25) is 5.91 Å². The van der Waals surface area contributed by atoms with Crippen LogP contribution in [0.2, 0.25) is 0 Å². The topological polar surface area (TPSA) is 189 Å². The maximum Gasteiger partial charge on any atom is 0.488 e. The Bertz CT molecular complexity index is 2500. The predicted octanol–water partition coefficient (Wildman–Crippen LogP) is 4.21. The van der Waals surface area contributed by atoms with Gasteiger partial charge in [0.1, 0.15) is 41.1 Å². The minimum atomic E-state index is -1.56. The van der Waals surface area contributed by atoms with E-state index >= 15 is 0 Å². The van der Waals surface area contributed by atoms with Crippen molar-refractivity contribution < 1.29 is 42.0 Å². The first-order valence-electron chi connectivity index (χ1n) is 18.2. The number of hydrogen-bond donors (Lipinski definition) is 5. The molecule has 0 unspecified atom stereocenters. The number of likely N-dealkylation sites (tertiary alicyclic amines) is 1. The van der Waals surface area contributed by atoms with Crippen molar-refractivity contribution in [1.82, 2.24) is 35.3 Å². The van der Waals surface area contributed by atoms with Crippen LogP contribution in [-0.2, 0) is 17.9 Å². The van der Waals surface area contributed by atoms with Gasteiger partial charge < -0.3 is 31.3 Å². The van der Waals surface area contributed by atoms with Gasteiger partial charge >= 0.3 is 7.12 Å². The van der Waals surface area contributed by atoms with E-state index in [1.165, 1.54) is 24.5 Å². The van der Waals surface area contributed by atoms with E-state index in [9.17, 15) is 31.9 Å². The zero-order chi connectivity index (χ0) is 42.2. The Morgan fingerprint density at radius 2 is 1.39 bits per heavy atom. The zero-order valence-corrected chi connectivity index (χ0v) is 31.3. The monoisotopic (exact) mass is 808 g/mol. The van der Waals surface area contributed by atoms with Crippen LogP contribution in [0.5, 0.6) is 0 Å². The maximum absolute atomic E-state index is 13.9. The SMILES string of the molecule is C=CC(=O)N1CCC[C@@H](n2nc(-c3ccc(CNC(=O)c4cc(F)ccc4F)cc3)c3c(N)ncnc32)C1.O=C(NCc1ccc(B(O)O)cc1)c1cc(F)ccc1F. The Hall–Kier alpha value is -6.92. The van der Waals surface area contributed by atoms with E-state index in [4.69, 9.17) is 20.9 Å². The summed E-state index contributed by atoms with van der Waals surface area (Å²) in [4.78, 5) is 46.6. The second-order valence-corrected chi connectivity index (χ2v) is 13.5. The number of nitrogens with zero attached hydrogens (tertiary/aromatic N) is 5. The molecule has 3 heterocycles. The lowest BCUT2D eigenvalue weighted by Crippen LogP contribution is -2.40. The first-order chi connectivity index (χ1) is 28.3. The highest BCUT2D eigenvalue weighted by molar-refractivity contribution is 6.58. The van der Waals surface area contributed by atoms with Gasteiger partial charge in [0.25, 0.3) is 11.8 Å². The molecule has 0 aliphatic carbocycles. The number of halogens is 4. The van der Waals surface area contributed by atoms with Crippen LogP contribution in [0.4, 0.5) is 23.4 Å². The van der Waals surface area contributed by atoms with Gasteiger partial charge in [0.15, 0.2) is 5.65 Å². The van der Waals surface area contributed by atoms with Crippen molar-refractivity contribution >= 4 is 47.2 Å². The van der Waals surface area contributed by atoms with Gasteiger partial charge in [-0.25, -0.2) is 32.2 Å². The number of hydrogen-bond acceptors (Lipinski definition) is 9. The third-order valence-electron chi connectivity index (χ3n) is 9.50. The summed E-state index contributed by atoms with van der Waals surface area (Å²) in [5.74, 6) is -4.24. The highest BCUT2D eigenvalue weighted by atomic mass is 19.1. The highest BCUT2D eigenvalue weighted by Gasteiger charge is 2.28. The normalized spacial score (nSPS) is 13.6. The van der Waals surface area contributed by atoms with E-state index in [0.29, 0.717) is 46.7 Å². The molecule has 4 aromatic carbocycles. The molecular formula is C41H37BF4N8O5. The van der Waals surface area contributed by atoms with Crippen molar-refractivity contribution in [3.05, 3.63) is 149 Å². The third kappa shape index (κ3) is 9.97. The quantitative estimate of drug-likeness (QED) is 0.0768. The molecule has 1 saturated heterocycles. The summed E-state index contributed by atoms with van der Waals surface area (Å²) in [5, 5.41) is 28.4. The third-order valence-corrected chi connectivity index (χ3v) is 9.50. The summed E-state index contributed by atoms with van der Waals surface area (Å²) in [6, 6.07) is 18.7. The van der Waals surface area contributed by atoms with Crippen LogP contribution in [0, 0.1) is 23.3 Å². The molecule has 3 amide bonds. The molecule has 0 saturated carbocycles. The number of nitrogens with two attached hydrogens (primary N) is 1. The highest BCUT2D eigenvalue weighted by Crippen LogP contribution is 2.34. The van der Waals surface area contributed by atoms with Gasteiger partial charge in [0, 0.05) is 31.7 Å². The van der Waals surface area contributed by atoms with Gasteiger partial charge in [-0.2, -0.15) is 5.10 Å². The fraction of sp³-hybridized carbons (Fsp3) is 0.171. The van der Waals surface area contributed by atoms with E-state index < -0.39 is 42.2 Å². The van der Waals surface area contributed by atoms with Crippen LogP contribution in [0.15, 0.2) is 104 Å². The number of carbonyl (C=O) groups is 3. The molecule has 302 valence electrons. The Morgan fingerprint density at radius 1 is 0.831 bits per heavy atom. The van der Waals surface area contributed by atoms with Gasteiger partial charge in [-0.3, -0.25) is 14.4 Å². The van der Waals surface area contributed by atoms with Crippen LogP contribution in [-0.4, -0.2) is 72.6 Å². The number of aromatic nitrogens is 4. The summed E-state index contributed by atoms with van der Waals surface area (Å²) in [5.41, 5.74) is 9.21. The van der Waals surface area contributed by atoms with Crippen molar-refractivity contribution in [1.29, 1.82) is 0 Å². The number of rotatable bonds is 10. The Labute approximate surface area is 335 Å². The molecular weight excluding hydrogens is 771 g/mol. The summed E-state index contributed by atoms with van der Waals surface area (Å²) in [7, 11) is -1.56. The lowest BCUT2D eigenvalue weighted by atomic mass is 9.80. The van der Waals surface area contributed by atoms with E-state index in [1.54, 1.807) is 29.2 Å². The number of piperidine rings is 1. The summed E-state index contributed by atoms with van der Waals surface area (Å²) in [6.45, 7) is 4.95. The lowest BCUT2D eigenvalue weighted by Gasteiger charge is -2.32. The number of anilines is 1. The molecule has 0 radical (unpaired) electrons. The average Bonchev–Trinajstić information content (AvgIpc) is 3.65. The fourth-order valence-corrected chi connectivity index (χ4v) is 6.42. The summed E-state index contributed by atoms with van der Waals surface area (Å²) < 4.78 is 55.5. The largest absolute Gasteiger partial charge is 0.488 e. The molecule has 1 aliphatic heterocycles. The Balaban J connectivity index is 0.000000236. The smallest absolute Gasteiger partial charge is 0.423 e. The van der Waals surface area contributed by atoms with Crippen molar-refractivity contribution in [2.45, 2.75) is 32.0 Å². The molecule has 7 rings (SSSR count). The van der Waals surface area contributed by atoms with E-state index in [2.05, 4.69) is 27.2 Å². The lowest BCUT2D eigenvalue weighted by molar-refractivity contribution is -0.127. The van der Waals surface area contributed by atoms with Gasteiger partial charge in [0.05, 0.1) is 22.6 Å². The predicted molar refractivity (Wildman–Crippen MR) is 212 cm³/mol. The molecule has 6 aromatic rings. The van der Waals surface area contributed by atoms with Crippen molar-refractivity contribution in [3.63, 3.8) is 0 Å². The van der Waals surface area contributed by atoms with E-state index in [0.717, 1.165) is 60.4 Å². The molecule has 59 heavy (non-hydrogen) atoms. The number of carbonyl (C=O) groups excluding carboxylic acids is 3. The molecule has 0 spiro atoms. The molecule has 1 aliphatic rings.